The summed E-state index contributed by atoms with van der Waals surface area (Å²) in [5, 5.41) is 2.18. The normalized spacial score (nSPS) is 14.8. The maximum absolute atomic E-state index is 5.77. The topological polar surface area (TPSA) is 16.1 Å². The molecule has 2 aromatic rings. The number of pyridine rings is 1. The molecular weight excluding hydrogens is 252 g/mol. The van der Waals surface area contributed by atoms with E-state index in [-0.39, 0.29) is 0 Å². The highest BCUT2D eigenvalue weighted by Gasteiger charge is 2.17. The van der Waals surface area contributed by atoms with Gasteiger partial charge in [-0.1, -0.05) is 6.07 Å². The number of halogens is 1. The molecule has 1 aliphatic rings. The summed E-state index contributed by atoms with van der Waals surface area (Å²) in [5.74, 6) is 1.58. The first-order chi connectivity index (χ1) is 8.36. The highest BCUT2D eigenvalue weighted by atomic mass is 35.5. The largest absolute Gasteiger partial charge is 0.352 e. The molecule has 0 amide bonds. The van der Waals surface area contributed by atoms with Gasteiger partial charge in [-0.2, -0.15) is 0 Å². The van der Waals surface area contributed by atoms with E-state index in [1.165, 1.54) is 10.4 Å². The summed E-state index contributed by atoms with van der Waals surface area (Å²) in [5.41, 5.74) is 2.52. The zero-order valence-corrected chi connectivity index (χ0v) is 11.0. The Morgan fingerprint density at radius 3 is 3.06 bits per heavy atom. The summed E-state index contributed by atoms with van der Waals surface area (Å²) in [7, 11) is 0. The van der Waals surface area contributed by atoms with Crippen molar-refractivity contribution in [2.45, 2.75) is 18.8 Å². The van der Waals surface area contributed by atoms with E-state index in [1.807, 2.05) is 17.5 Å². The molecule has 0 saturated heterocycles. The van der Waals surface area contributed by atoms with Crippen LogP contribution in [0.3, 0.4) is 0 Å². The summed E-state index contributed by atoms with van der Waals surface area (Å²) in [4.78, 5) is 8.33. The van der Waals surface area contributed by atoms with Crippen molar-refractivity contribution in [3.8, 4) is 0 Å². The molecule has 17 heavy (non-hydrogen) atoms. The molecule has 0 unspecified atom stereocenters. The van der Waals surface area contributed by atoms with Crippen molar-refractivity contribution >= 4 is 28.8 Å². The highest BCUT2D eigenvalue weighted by molar-refractivity contribution is 7.10. The van der Waals surface area contributed by atoms with Crippen LogP contribution >= 0.6 is 22.9 Å². The Hall–Kier alpha value is -1.06. The molecule has 0 fully saturated rings. The molecular formula is C13H13ClN2S. The molecule has 0 radical (unpaired) electrons. The van der Waals surface area contributed by atoms with Crippen LogP contribution in [0.5, 0.6) is 0 Å². The lowest BCUT2D eigenvalue weighted by molar-refractivity contribution is 0.732. The van der Waals surface area contributed by atoms with Crippen LogP contribution in [0.1, 0.15) is 16.0 Å². The van der Waals surface area contributed by atoms with Crippen LogP contribution in [0.15, 0.2) is 29.8 Å². The van der Waals surface area contributed by atoms with Crippen molar-refractivity contribution in [2.24, 2.45) is 0 Å². The smallest absolute Gasteiger partial charge is 0.128 e. The molecule has 88 valence electrons. The van der Waals surface area contributed by atoms with Gasteiger partial charge in [-0.25, -0.2) is 4.98 Å². The fourth-order valence-electron chi connectivity index (χ4n) is 2.13. The number of thiophene rings is 1. The summed E-state index contributed by atoms with van der Waals surface area (Å²) in [6.07, 6.45) is 3.00. The van der Waals surface area contributed by atoms with Crippen molar-refractivity contribution in [1.29, 1.82) is 0 Å². The molecule has 3 heterocycles. The number of fused-ring (bicyclic) bond motifs is 1. The molecule has 3 rings (SSSR count). The maximum atomic E-state index is 5.77. The minimum Gasteiger partial charge on any atom is -0.352 e. The Balaban J connectivity index is 1.81. The monoisotopic (exact) mass is 264 g/mol. The lowest BCUT2D eigenvalue weighted by Crippen LogP contribution is -2.30. The van der Waals surface area contributed by atoms with E-state index in [9.17, 15) is 0 Å². The van der Waals surface area contributed by atoms with E-state index in [0.717, 1.165) is 30.9 Å². The van der Waals surface area contributed by atoms with E-state index in [4.69, 9.17) is 11.6 Å². The van der Waals surface area contributed by atoms with Crippen LogP contribution in [0, 0.1) is 0 Å². The van der Waals surface area contributed by atoms with Crippen LogP contribution in [0.25, 0.3) is 0 Å². The number of hydrogen-bond acceptors (Lipinski definition) is 3. The van der Waals surface area contributed by atoms with Gasteiger partial charge in [-0.15, -0.1) is 22.9 Å². The van der Waals surface area contributed by atoms with Crippen molar-refractivity contribution in [1.82, 2.24) is 4.98 Å². The van der Waals surface area contributed by atoms with Crippen LogP contribution < -0.4 is 4.90 Å². The first kappa shape index (κ1) is 11.1. The third kappa shape index (κ3) is 2.17. The Morgan fingerprint density at radius 1 is 1.35 bits per heavy atom. The van der Waals surface area contributed by atoms with E-state index >= 15 is 0 Å². The first-order valence-electron chi connectivity index (χ1n) is 5.68. The lowest BCUT2D eigenvalue weighted by atomic mass is 10.1. The maximum Gasteiger partial charge on any atom is 0.128 e. The van der Waals surface area contributed by atoms with Crippen LogP contribution in [-0.2, 0) is 18.8 Å². The number of aromatic nitrogens is 1. The number of rotatable bonds is 2. The second-order valence-electron chi connectivity index (χ2n) is 4.20. The summed E-state index contributed by atoms with van der Waals surface area (Å²) < 4.78 is 0. The molecule has 0 bridgehead atoms. The Morgan fingerprint density at radius 2 is 2.29 bits per heavy atom. The van der Waals surface area contributed by atoms with Crippen molar-refractivity contribution in [3.63, 3.8) is 0 Å². The third-order valence-corrected chi connectivity index (χ3v) is 4.43. The van der Waals surface area contributed by atoms with Crippen LogP contribution in [-0.4, -0.2) is 11.5 Å². The predicted molar refractivity (Wildman–Crippen MR) is 72.9 cm³/mol. The van der Waals surface area contributed by atoms with Crippen molar-refractivity contribution < 1.29 is 0 Å². The molecule has 0 aliphatic carbocycles. The number of hydrogen-bond donors (Lipinski definition) is 0. The second-order valence-corrected chi connectivity index (χ2v) is 5.47. The average Bonchev–Trinajstić information content (AvgIpc) is 2.86. The zero-order chi connectivity index (χ0) is 11.7. The Kier molecular flexibility index (Phi) is 3.04. The van der Waals surface area contributed by atoms with Gasteiger partial charge in [0.25, 0.3) is 0 Å². The van der Waals surface area contributed by atoms with Gasteiger partial charge in [-0.05, 0) is 35.1 Å². The van der Waals surface area contributed by atoms with Gasteiger partial charge in [0, 0.05) is 30.0 Å². The molecule has 0 spiro atoms. The Bertz CT molecular complexity index is 506. The van der Waals surface area contributed by atoms with Crippen LogP contribution in [0.4, 0.5) is 5.82 Å². The zero-order valence-electron chi connectivity index (χ0n) is 9.40. The van der Waals surface area contributed by atoms with E-state index in [1.54, 1.807) is 0 Å². The molecule has 1 aliphatic heterocycles. The lowest BCUT2D eigenvalue weighted by Gasteiger charge is -2.28. The molecule has 2 aromatic heterocycles. The van der Waals surface area contributed by atoms with Gasteiger partial charge in [0.05, 0.1) is 0 Å². The molecule has 0 aromatic carbocycles. The molecule has 0 N–H and O–H groups in total. The van der Waals surface area contributed by atoms with Gasteiger partial charge >= 0.3 is 0 Å². The second kappa shape index (κ2) is 4.67. The minimum absolute atomic E-state index is 0.530. The van der Waals surface area contributed by atoms with E-state index < -0.39 is 0 Å². The van der Waals surface area contributed by atoms with E-state index in [0.29, 0.717) is 5.88 Å². The minimum atomic E-state index is 0.530. The summed E-state index contributed by atoms with van der Waals surface area (Å²) in [6, 6.07) is 6.34. The number of anilines is 1. The van der Waals surface area contributed by atoms with E-state index in [2.05, 4.69) is 33.5 Å². The summed E-state index contributed by atoms with van der Waals surface area (Å²) >= 11 is 7.63. The SMILES string of the molecule is ClCc1ccc(N2CCc3sccc3C2)nc1. The molecule has 0 saturated carbocycles. The number of alkyl halides is 1. The predicted octanol–water partition coefficient (Wildman–Crippen LogP) is 3.44. The fraction of sp³-hybridized carbons (Fsp3) is 0.308. The Labute approximate surface area is 110 Å². The fourth-order valence-corrected chi connectivity index (χ4v) is 3.17. The summed E-state index contributed by atoms with van der Waals surface area (Å²) in [6.45, 7) is 2.03. The van der Waals surface area contributed by atoms with Gasteiger partial charge in [0.15, 0.2) is 0 Å². The van der Waals surface area contributed by atoms with Gasteiger partial charge in [0.2, 0.25) is 0 Å². The molecule has 0 atom stereocenters. The first-order valence-corrected chi connectivity index (χ1v) is 7.09. The van der Waals surface area contributed by atoms with Crippen LogP contribution in [0.2, 0.25) is 0 Å². The third-order valence-electron chi connectivity index (χ3n) is 3.10. The van der Waals surface area contributed by atoms with Crippen molar-refractivity contribution in [3.05, 3.63) is 45.8 Å². The highest BCUT2D eigenvalue weighted by Crippen LogP contribution is 2.26. The molecule has 2 nitrogen and oxygen atoms in total. The molecule has 4 heteroatoms. The number of nitrogens with zero attached hydrogens (tertiary/aromatic N) is 2. The van der Waals surface area contributed by atoms with Crippen molar-refractivity contribution in [2.75, 3.05) is 11.4 Å². The average molecular weight is 265 g/mol. The quantitative estimate of drug-likeness (QED) is 0.773. The van der Waals surface area contributed by atoms with Gasteiger partial charge in [-0.3, -0.25) is 0 Å². The van der Waals surface area contributed by atoms with Gasteiger partial charge in [0.1, 0.15) is 5.82 Å². The van der Waals surface area contributed by atoms with Gasteiger partial charge < -0.3 is 4.90 Å². The standard InChI is InChI=1S/C13H13ClN2S/c14-7-10-1-2-13(15-8-10)16-5-3-12-11(9-16)4-6-17-12/h1-2,4,6,8H,3,5,7,9H2.